The molecule has 1 aliphatic heterocycles. The van der Waals surface area contributed by atoms with E-state index >= 15 is 0 Å². The molecule has 0 spiro atoms. The van der Waals surface area contributed by atoms with E-state index < -0.39 is 0 Å². The highest BCUT2D eigenvalue weighted by Crippen LogP contribution is 2.43. The van der Waals surface area contributed by atoms with E-state index in [1.807, 2.05) is 0 Å². The van der Waals surface area contributed by atoms with Crippen LogP contribution in [0.15, 0.2) is 0 Å². The molecule has 1 fully saturated rings. The lowest BCUT2D eigenvalue weighted by Gasteiger charge is -2.39. The average molecular weight is 247 g/mol. The summed E-state index contributed by atoms with van der Waals surface area (Å²) in [6.45, 7) is 4.10. The molecule has 0 radical (unpaired) electrons. The Balaban J connectivity index is 2.05. The van der Waals surface area contributed by atoms with Gasteiger partial charge in [0, 0.05) is 37.9 Å². The van der Waals surface area contributed by atoms with Gasteiger partial charge in [0.2, 0.25) is 0 Å². The van der Waals surface area contributed by atoms with Gasteiger partial charge in [-0.05, 0) is 25.7 Å². The first-order valence-electron chi connectivity index (χ1n) is 6.94. The number of hydrogen-bond acceptors (Lipinski definition) is 4. The van der Waals surface area contributed by atoms with Crippen molar-refractivity contribution < 1.29 is 4.74 Å². The predicted octanol–water partition coefficient (Wildman–Crippen LogP) is 1.71. The maximum atomic E-state index is 5.71. The summed E-state index contributed by atoms with van der Waals surface area (Å²) in [5.41, 5.74) is 3.56. The summed E-state index contributed by atoms with van der Waals surface area (Å²) in [4.78, 5) is 9.60. The van der Waals surface area contributed by atoms with E-state index in [2.05, 4.69) is 12.2 Å². The molecule has 1 saturated carbocycles. The average Bonchev–Trinajstić information content (AvgIpc) is 2.37. The highest BCUT2D eigenvalue weighted by Gasteiger charge is 2.42. The first-order chi connectivity index (χ1) is 8.79. The van der Waals surface area contributed by atoms with Gasteiger partial charge in [-0.25, -0.2) is 9.97 Å². The summed E-state index contributed by atoms with van der Waals surface area (Å²) in [6.07, 6.45) is 5.32. The van der Waals surface area contributed by atoms with Crippen LogP contribution in [0.25, 0.3) is 0 Å². The predicted molar refractivity (Wildman–Crippen MR) is 69.4 cm³/mol. The zero-order chi connectivity index (χ0) is 12.6. The molecule has 0 aromatic carbocycles. The van der Waals surface area contributed by atoms with Crippen molar-refractivity contribution in [1.82, 2.24) is 15.3 Å². The quantitative estimate of drug-likeness (QED) is 0.883. The second-order valence-electron chi connectivity index (χ2n) is 5.25. The van der Waals surface area contributed by atoms with Crippen molar-refractivity contribution in [2.24, 2.45) is 0 Å². The van der Waals surface area contributed by atoms with Gasteiger partial charge < -0.3 is 10.1 Å². The number of hydrogen-bond donors (Lipinski definition) is 1. The third-order valence-corrected chi connectivity index (χ3v) is 4.31. The largest absolute Gasteiger partial charge is 0.370 e. The Bertz CT molecular complexity index is 432. The number of fused-ring (bicyclic) bond motifs is 1. The normalized spacial score (nSPS) is 21.2. The topological polar surface area (TPSA) is 47.0 Å². The Morgan fingerprint density at radius 3 is 2.78 bits per heavy atom. The second kappa shape index (κ2) is 4.59. The van der Waals surface area contributed by atoms with E-state index in [4.69, 9.17) is 14.7 Å². The van der Waals surface area contributed by atoms with Gasteiger partial charge in [-0.15, -0.1) is 0 Å². The number of aryl methyl sites for hydroxylation is 1. The fraction of sp³-hybridized carbons (Fsp3) is 0.714. The molecular formula is C14H21N3O. The minimum absolute atomic E-state index is 0.191. The van der Waals surface area contributed by atoms with Crippen molar-refractivity contribution in [3.8, 4) is 0 Å². The molecule has 2 heterocycles. The first-order valence-corrected chi connectivity index (χ1v) is 6.94. The Kier molecular flexibility index (Phi) is 3.08. The number of nitrogens with zero attached hydrogens (tertiary/aromatic N) is 2. The van der Waals surface area contributed by atoms with Crippen LogP contribution in [-0.2, 0) is 29.7 Å². The molecule has 2 aliphatic rings. The molecule has 1 aliphatic carbocycles. The van der Waals surface area contributed by atoms with Crippen LogP contribution in [0, 0.1) is 0 Å². The summed E-state index contributed by atoms with van der Waals surface area (Å²) in [6, 6.07) is 0. The zero-order valence-corrected chi connectivity index (χ0v) is 11.3. The number of nitrogens with one attached hydrogen (secondary N) is 1. The Morgan fingerprint density at radius 1 is 1.33 bits per heavy atom. The van der Waals surface area contributed by atoms with E-state index in [9.17, 15) is 0 Å². The number of aromatic nitrogens is 2. The van der Waals surface area contributed by atoms with Crippen LogP contribution in [0.1, 0.15) is 49.0 Å². The van der Waals surface area contributed by atoms with Crippen molar-refractivity contribution in [1.29, 1.82) is 0 Å². The van der Waals surface area contributed by atoms with Gasteiger partial charge in [0.05, 0.1) is 5.69 Å². The molecule has 4 nitrogen and oxygen atoms in total. The summed E-state index contributed by atoms with van der Waals surface area (Å²) in [5.74, 6) is 0.925. The maximum Gasteiger partial charge on any atom is 0.160 e. The molecule has 3 rings (SSSR count). The highest BCUT2D eigenvalue weighted by atomic mass is 16.5. The summed E-state index contributed by atoms with van der Waals surface area (Å²) in [5, 5.41) is 3.40. The molecule has 1 aromatic heterocycles. The van der Waals surface area contributed by atoms with Crippen molar-refractivity contribution in [2.45, 2.75) is 51.2 Å². The minimum atomic E-state index is -0.191. The highest BCUT2D eigenvalue weighted by molar-refractivity contribution is 5.30. The lowest BCUT2D eigenvalue weighted by Crippen LogP contribution is -2.39. The first kappa shape index (κ1) is 12.1. The monoisotopic (exact) mass is 247 g/mol. The Hall–Kier alpha value is -1.00. The zero-order valence-electron chi connectivity index (χ0n) is 11.3. The third-order valence-electron chi connectivity index (χ3n) is 4.31. The lowest BCUT2D eigenvalue weighted by atomic mass is 9.79. The molecule has 0 saturated heterocycles. The smallest absolute Gasteiger partial charge is 0.160 e. The van der Waals surface area contributed by atoms with Crippen LogP contribution in [0.5, 0.6) is 0 Å². The molecule has 18 heavy (non-hydrogen) atoms. The van der Waals surface area contributed by atoms with Gasteiger partial charge in [0.1, 0.15) is 5.60 Å². The number of methoxy groups -OCH3 is 1. The fourth-order valence-corrected chi connectivity index (χ4v) is 2.93. The fourth-order valence-electron chi connectivity index (χ4n) is 2.93. The van der Waals surface area contributed by atoms with Gasteiger partial charge in [0.15, 0.2) is 5.82 Å². The molecular weight excluding hydrogens is 226 g/mol. The summed E-state index contributed by atoms with van der Waals surface area (Å²) in [7, 11) is 1.79. The van der Waals surface area contributed by atoms with E-state index in [-0.39, 0.29) is 5.60 Å². The summed E-state index contributed by atoms with van der Waals surface area (Å²) >= 11 is 0. The van der Waals surface area contributed by atoms with Crippen LogP contribution in [0.4, 0.5) is 0 Å². The van der Waals surface area contributed by atoms with Gasteiger partial charge in [-0.3, -0.25) is 0 Å². The van der Waals surface area contributed by atoms with Gasteiger partial charge >= 0.3 is 0 Å². The third kappa shape index (κ3) is 1.75. The Labute approximate surface area is 108 Å². The standard InChI is InChI=1S/C14H21N3O/c1-3-11-10-9-15-8-5-12(10)17-13(16-11)14(18-2)6-4-7-14/h15H,3-9H2,1-2H3. The van der Waals surface area contributed by atoms with Crippen LogP contribution in [0.3, 0.4) is 0 Å². The van der Waals surface area contributed by atoms with Crippen molar-refractivity contribution in [3.05, 3.63) is 22.8 Å². The van der Waals surface area contributed by atoms with Gasteiger partial charge in [-0.2, -0.15) is 0 Å². The van der Waals surface area contributed by atoms with E-state index in [0.29, 0.717) is 0 Å². The lowest BCUT2D eigenvalue weighted by molar-refractivity contribution is -0.0849. The molecule has 0 atom stereocenters. The van der Waals surface area contributed by atoms with Crippen LogP contribution in [0.2, 0.25) is 0 Å². The Morgan fingerprint density at radius 2 is 2.17 bits per heavy atom. The summed E-state index contributed by atoms with van der Waals surface area (Å²) < 4.78 is 5.71. The van der Waals surface area contributed by atoms with E-state index in [1.165, 1.54) is 23.4 Å². The van der Waals surface area contributed by atoms with Crippen molar-refractivity contribution in [2.75, 3.05) is 13.7 Å². The second-order valence-corrected chi connectivity index (χ2v) is 5.25. The van der Waals surface area contributed by atoms with Gasteiger partial charge in [-0.1, -0.05) is 6.92 Å². The molecule has 1 N–H and O–H groups in total. The van der Waals surface area contributed by atoms with E-state index in [1.54, 1.807) is 7.11 Å². The van der Waals surface area contributed by atoms with Gasteiger partial charge in [0.25, 0.3) is 0 Å². The number of ether oxygens (including phenoxy) is 1. The molecule has 0 unspecified atom stereocenters. The maximum absolute atomic E-state index is 5.71. The minimum Gasteiger partial charge on any atom is -0.370 e. The molecule has 0 amide bonds. The molecule has 0 bridgehead atoms. The SMILES string of the molecule is CCc1nc(C2(OC)CCC2)nc2c1CNCC2. The molecule has 4 heteroatoms. The van der Waals surface area contributed by atoms with Crippen LogP contribution < -0.4 is 5.32 Å². The van der Waals surface area contributed by atoms with Crippen molar-refractivity contribution >= 4 is 0 Å². The van der Waals surface area contributed by atoms with Crippen LogP contribution in [-0.4, -0.2) is 23.6 Å². The molecule has 1 aromatic rings. The van der Waals surface area contributed by atoms with Crippen LogP contribution >= 0.6 is 0 Å². The van der Waals surface area contributed by atoms with Crippen molar-refractivity contribution in [3.63, 3.8) is 0 Å². The van der Waals surface area contributed by atoms with E-state index in [0.717, 1.165) is 44.6 Å². The number of rotatable bonds is 3. The molecule has 98 valence electrons.